The Morgan fingerprint density at radius 3 is 2.71 bits per heavy atom. The highest BCUT2D eigenvalue weighted by molar-refractivity contribution is 5.92. The Labute approximate surface area is 120 Å². The number of benzene rings is 2. The van der Waals surface area contributed by atoms with Crippen LogP contribution >= 0.6 is 0 Å². The summed E-state index contributed by atoms with van der Waals surface area (Å²) in [5.74, 6) is -1.01. The Morgan fingerprint density at radius 1 is 1.24 bits per heavy atom. The molecule has 0 amide bonds. The molecule has 0 atom stereocenters. The summed E-state index contributed by atoms with van der Waals surface area (Å²) in [6, 6.07) is 12.5. The van der Waals surface area contributed by atoms with Crippen molar-refractivity contribution in [3.8, 4) is 0 Å². The number of imidazole rings is 1. The number of aryl methyl sites for hydroxylation is 1. The molecule has 0 radical (unpaired) electrons. The summed E-state index contributed by atoms with van der Waals surface area (Å²) < 4.78 is 1.61. The predicted octanol–water partition coefficient (Wildman–Crippen LogP) is 2.38. The molecule has 2 aromatic carbocycles. The Hall–Kier alpha value is -2.82. The van der Waals surface area contributed by atoms with Gasteiger partial charge >= 0.3 is 11.7 Å². The van der Waals surface area contributed by atoms with Crippen LogP contribution in [0.25, 0.3) is 11.0 Å². The van der Waals surface area contributed by atoms with Crippen molar-refractivity contribution >= 4 is 17.0 Å². The number of carbonyl (C=O) groups is 1. The number of nitrogens with zero attached hydrogens (tertiary/aromatic N) is 1. The van der Waals surface area contributed by atoms with Crippen LogP contribution in [0.3, 0.4) is 0 Å². The highest BCUT2D eigenvalue weighted by Crippen LogP contribution is 2.16. The van der Waals surface area contributed by atoms with Crippen molar-refractivity contribution in [1.82, 2.24) is 9.55 Å². The summed E-state index contributed by atoms with van der Waals surface area (Å²) in [7, 11) is 0. The van der Waals surface area contributed by atoms with E-state index in [0.29, 0.717) is 17.6 Å². The van der Waals surface area contributed by atoms with Gasteiger partial charge in [0.25, 0.3) is 0 Å². The smallest absolute Gasteiger partial charge is 0.335 e. The lowest BCUT2D eigenvalue weighted by Crippen LogP contribution is -2.17. The summed E-state index contributed by atoms with van der Waals surface area (Å²) in [5.41, 5.74) is 3.33. The molecule has 21 heavy (non-hydrogen) atoms. The average molecular weight is 282 g/mol. The Bertz CT molecular complexity index is 890. The van der Waals surface area contributed by atoms with Crippen molar-refractivity contribution in [2.24, 2.45) is 0 Å². The average Bonchev–Trinajstić information content (AvgIpc) is 2.76. The largest absolute Gasteiger partial charge is 0.478 e. The highest BCUT2D eigenvalue weighted by Gasteiger charge is 2.11. The molecule has 5 nitrogen and oxygen atoms in total. The number of hydrogen-bond acceptors (Lipinski definition) is 2. The van der Waals surface area contributed by atoms with Crippen LogP contribution in [0, 0.1) is 6.92 Å². The Balaban J connectivity index is 2.11. The van der Waals surface area contributed by atoms with Crippen LogP contribution in [0.5, 0.6) is 0 Å². The zero-order valence-corrected chi connectivity index (χ0v) is 11.5. The summed E-state index contributed by atoms with van der Waals surface area (Å²) in [4.78, 5) is 25.8. The van der Waals surface area contributed by atoms with E-state index in [1.54, 1.807) is 10.6 Å². The molecule has 0 saturated heterocycles. The molecule has 1 aromatic heterocycles. The maximum absolute atomic E-state index is 12.1. The predicted molar refractivity (Wildman–Crippen MR) is 79.8 cm³/mol. The van der Waals surface area contributed by atoms with Gasteiger partial charge in [0, 0.05) is 0 Å². The van der Waals surface area contributed by atoms with E-state index in [9.17, 15) is 9.59 Å². The summed E-state index contributed by atoms with van der Waals surface area (Å²) in [6.07, 6.45) is 0. The number of H-pyrrole nitrogens is 1. The number of aromatic nitrogens is 2. The van der Waals surface area contributed by atoms with E-state index >= 15 is 0 Å². The van der Waals surface area contributed by atoms with Gasteiger partial charge in [-0.1, -0.05) is 24.3 Å². The molecule has 0 unspecified atom stereocenters. The number of carboxylic acid groups (broad SMARTS) is 1. The first-order valence-corrected chi connectivity index (χ1v) is 6.56. The van der Waals surface area contributed by atoms with E-state index in [2.05, 4.69) is 4.98 Å². The van der Waals surface area contributed by atoms with Crippen molar-refractivity contribution in [3.63, 3.8) is 0 Å². The second-order valence-electron chi connectivity index (χ2n) is 4.98. The fourth-order valence-electron chi connectivity index (χ4n) is 2.41. The van der Waals surface area contributed by atoms with E-state index in [1.165, 1.54) is 12.1 Å². The molecule has 0 aliphatic heterocycles. The standard InChI is InChI=1S/C16H14N2O3/c1-10-4-2-3-5-12(10)9-18-14-7-6-11(15(19)20)8-13(14)17-16(18)21/h2-8H,9H2,1H3,(H,17,21)(H,19,20). The summed E-state index contributed by atoms with van der Waals surface area (Å²) >= 11 is 0. The normalized spacial score (nSPS) is 10.9. The van der Waals surface area contributed by atoms with Gasteiger partial charge in [0.2, 0.25) is 0 Å². The summed E-state index contributed by atoms with van der Waals surface area (Å²) in [6.45, 7) is 2.45. The lowest BCUT2D eigenvalue weighted by atomic mass is 10.1. The molecule has 1 heterocycles. The lowest BCUT2D eigenvalue weighted by molar-refractivity contribution is 0.0697. The van der Waals surface area contributed by atoms with Gasteiger partial charge in [-0.2, -0.15) is 0 Å². The van der Waals surface area contributed by atoms with Gasteiger partial charge in [-0.25, -0.2) is 9.59 Å². The van der Waals surface area contributed by atoms with Gasteiger partial charge in [0.1, 0.15) is 0 Å². The van der Waals surface area contributed by atoms with E-state index in [-0.39, 0.29) is 11.3 Å². The Kier molecular flexibility index (Phi) is 3.10. The minimum atomic E-state index is -1.01. The number of aromatic carboxylic acids is 1. The fourth-order valence-corrected chi connectivity index (χ4v) is 2.41. The molecule has 0 aliphatic carbocycles. The number of rotatable bonds is 3. The molecule has 106 valence electrons. The number of nitrogens with one attached hydrogen (secondary N) is 1. The van der Waals surface area contributed by atoms with Gasteiger partial charge in [0.05, 0.1) is 23.1 Å². The second kappa shape index (κ2) is 4.94. The maximum Gasteiger partial charge on any atom is 0.335 e. The molecule has 0 spiro atoms. The highest BCUT2D eigenvalue weighted by atomic mass is 16.4. The zero-order valence-electron chi connectivity index (χ0n) is 11.5. The molecular formula is C16H14N2O3. The SMILES string of the molecule is Cc1ccccc1Cn1c(=O)[nH]c2cc(C(=O)O)ccc21. The Morgan fingerprint density at radius 2 is 2.00 bits per heavy atom. The van der Waals surface area contributed by atoms with E-state index in [4.69, 9.17) is 5.11 Å². The number of aromatic amines is 1. The van der Waals surface area contributed by atoms with E-state index in [0.717, 1.165) is 11.1 Å². The summed E-state index contributed by atoms with van der Waals surface area (Å²) in [5, 5.41) is 8.99. The van der Waals surface area contributed by atoms with Crippen LogP contribution in [0.2, 0.25) is 0 Å². The zero-order chi connectivity index (χ0) is 15.0. The molecule has 3 rings (SSSR count). The van der Waals surface area contributed by atoms with Gasteiger partial charge in [0.15, 0.2) is 0 Å². The molecule has 0 fully saturated rings. The quantitative estimate of drug-likeness (QED) is 0.774. The third-order valence-corrected chi connectivity index (χ3v) is 3.61. The molecule has 5 heteroatoms. The minimum Gasteiger partial charge on any atom is -0.478 e. The maximum atomic E-state index is 12.1. The molecule has 0 saturated carbocycles. The molecular weight excluding hydrogens is 268 g/mol. The van der Waals surface area contributed by atoms with Crippen molar-refractivity contribution in [3.05, 3.63) is 69.6 Å². The number of hydrogen-bond donors (Lipinski definition) is 2. The van der Waals surface area contributed by atoms with Crippen molar-refractivity contribution < 1.29 is 9.90 Å². The van der Waals surface area contributed by atoms with Gasteiger partial charge in [-0.05, 0) is 36.2 Å². The van der Waals surface area contributed by atoms with Crippen LogP contribution in [0.1, 0.15) is 21.5 Å². The molecule has 0 bridgehead atoms. The number of carboxylic acids is 1. The third kappa shape index (κ3) is 2.33. The topological polar surface area (TPSA) is 75.1 Å². The minimum absolute atomic E-state index is 0.159. The van der Waals surface area contributed by atoms with E-state index in [1.807, 2.05) is 31.2 Å². The first kappa shape index (κ1) is 13.2. The second-order valence-corrected chi connectivity index (χ2v) is 4.98. The molecule has 3 aromatic rings. The first-order chi connectivity index (χ1) is 10.1. The van der Waals surface area contributed by atoms with Gasteiger partial charge in [-0.3, -0.25) is 4.57 Å². The van der Waals surface area contributed by atoms with Gasteiger partial charge < -0.3 is 10.1 Å². The van der Waals surface area contributed by atoms with Crippen molar-refractivity contribution in [1.29, 1.82) is 0 Å². The van der Waals surface area contributed by atoms with Crippen molar-refractivity contribution in [2.75, 3.05) is 0 Å². The van der Waals surface area contributed by atoms with E-state index < -0.39 is 5.97 Å². The van der Waals surface area contributed by atoms with Crippen molar-refractivity contribution in [2.45, 2.75) is 13.5 Å². The fraction of sp³-hybridized carbons (Fsp3) is 0.125. The van der Waals surface area contributed by atoms with Crippen LogP contribution in [0.15, 0.2) is 47.3 Å². The van der Waals surface area contributed by atoms with Crippen LogP contribution in [0.4, 0.5) is 0 Å². The first-order valence-electron chi connectivity index (χ1n) is 6.56. The lowest BCUT2D eigenvalue weighted by Gasteiger charge is -2.07. The monoisotopic (exact) mass is 282 g/mol. The van der Waals surface area contributed by atoms with Crippen LogP contribution < -0.4 is 5.69 Å². The van der Waals surface area contributed by atoms with Crippen LogP contribution in [-0.2, 0) is 6.54 Å². The third-order valence-electron chi connectivity index (χ3n) is 3.61. The van der Waals surface area contributed by atoms with Crippen LogP contribution in [-0.4, -0.2) is 20.6 Å². The molecule has 2 N–H and O–H groups in total. The molecule has 0 aliphatic rings. The number of fused-ring (bicyclic) bond motifs is 1. The van der Waals surface area contributed by atoms with Gasteiger partial charge in [-0.15, -0.1) is 0 Å².